The lowest BCUT2D eigenvalue weighted by molar-refractivity contribution is 0.0924. The van der Waals surface area contributed by atoms with Gasteiger partial charge in [-0.25, -0.2) is 4.39 Å². The third-order valence-electron chi connectivity index (χ3n) is 3.55. The zero-order chi connectivity index (χ0) is 13.7. The minimum absolute atomic E-state index is 0.119. The second-order valence-corrected chi connectivity index (χ2v) is 4.80. The Morgan fingerprint density at radius 3 is 2.44 bits per heavy atom. The Morgan fingerprint density at radius 2 is 1.94 bits per heavy atom. The number of benzene rings is 1. The van der Waals surface area contributed by atoms with Crippen molar-refractivity contribution < 1.29 is 9.18 Å². The van der Waals surface area contributed by atoms with Crippen molar-refractivity contribution in [2.24, 2.45) is 5.92 Å². The fraction of sp³-hybridized carbons (Fsp3) is 0.533. The average Bonchev–Trinajstić information content (AvgIpc) is 2.30. The Kier molecular flexibility index (Phi) is 5.32. The van der Waals surface area contributed by atoms with Crippen LogP contribution < -0.4 is 5.32 Å². The molecule has 2 nitrogen and oxygen atoms in total. The van der Waals surface area contributed by atoms with Gasteiger partial charge in [0.05, 0.1) is 0 Å². The summed E-state index contributed by atoms with van der Waals surface area (Å²) >= 11 is 0. The van der Waals surface area contributed by atoms with Crippen LogP contribution in [0.1, 0.15) is 49.5 Å². The molecule has 0 radical (unpaired) electrons. The van der Waals surface area contributed by atoms with Gasteiger partial charge in [0.25, 0.3) is 5.91 Å². The summed E-state index contributed by atoms with van der Waals surface area (Å²) in [6, 6.07) is 4.39. The number of aryl methyl sites for hydroxylation is 1. The van der Waals surface area contributed by atoms with Gasteiger partial charge in [0.15, 0.2) is 0 Å². The van der Waals surface area contributed by atoms with Crippen molar-refractivity contribution in [2.45, 2.75) is 46.6 Å². The van der Waals surface area contributed by atoms with E-state index in [0.717, 1.165) is 12.8 Å². The minimum atomic E-state index is -0.308. The summed E-state index contributed by atoms with van der Waals surface area (Å²) in [5.41, 5.74) is 1.22. The Bertz CT molecular complexity index is 413. The van der Waals surface area contributed by atoms with Crippen molar-refractivity contribution in [1.82, 2.24) is 5.32 Å². The molecule has 0 aromatic heterocycles. The van der Waals surface area contributed by atoms with E-state index in [9.17, 15) is 9.18 Å². The number of halogens is 1. The first-order valence-electron chi connectivity index (χ1n) is 6.56. The predicted octanol–water partition coefficient (Wildman–Crippen LogP) is 3.69. The third-order valence-corrected chi connectivity index (χ3v) is 3.55. The van der Waals surface area contributed by atoms with Gasteiger partial charge in [-0.2, -0.15) is 0 Å². The highest BCUT2D eigenvalue weighted by Crippen LogP contribution is 2.15. The molecule has 0 saturated heterocycles. The van der Waals surface area contributed by atoms with Gasteiger partial charge in [0.1, 0.15) is 5.82 Å². The Labute approximate surface area is 109 Å². The van der Waals surface area contributed by atoms with Crippen molar-refractivity contribution in [3.8, 4) is 0 Å². The number of rotatable bonds is 5. The zero-order valence-corrected chi connectivity index (χ0v) is 11.6. The smallest absolute Gasteiger partial charge is 0.251 e. The molecule has 0 aliphatic carbocycles. The van der Waals surface area contributed by atoms with E-state index in [4.69, 9.17) is 0 Å². The predicted molar refractivity (Wildman–Crippen MR) is 72.1 cm³/mol. The van der Waals surface area contributed by atoms with Gasteiger partial charge in [-0.15, -0.1) is 0 Å². The summed E-state index contributed by atoms with van der Waals surface area (Å²) in [5.74, 6) is 0.0543. The molecule has 1 unspecified atom stereocenters. The van der Waals surface area contributed by atoms with E-state index in [-0.39, 0.29) is 17.8 Å². The number of hydrogen-bond donors (Lipinski definition) is 1. The van der Waals surface area contributed by atoms with E-state index < -0.39 is 0 Å². The standard InChI is InChI=1S/C15H22FNO/c1-5-12(6-2)11(4)17-15(18)14-8-7-13(16)9-10(14)3/h7-9,11-12H,5-6H2,1-4H3,(H,17,18). The lowest BCUT2D eigenvalue weighted by Gasteiger charge is -2.22. The highest BCUT2D eigenvalue weighted by atomic mass is 19.1. The molecule has 18 heavy (non-hydrogen) atoms. The monoisotopic (exact) mass is 251 g/mol. The van der Waals surface area contributed by atoms with E-state index in [1.54, 1.807) is 13.0 Å². The second kappa shape index (κ2) is 6.53. The molecule has 0 aliphatic heterocycles. The van der Waals surface area contributed by atoms with Crippen LogP contribution in [0.15, 0.2) is 18.2 Å². The fourth-order valence-corrected chi connectivity index (χ4v) is 2.28. The largest absolute Gasteiger partial charge is 0.349 e. The van der Waals surface area contributed by atoms with Crippen LogP contribution in [0.4, 0.5) is 4.39 Å². The molecule has 1 atom stereocenters. The van der Waals surface area contributed by atoms with Crippen molar-refractivity contribution >= 4 is 5.91 Å². The Morgan fingerprint density at radius 1 is 1.33 bits per heavy atom. The first-order chi connectivity index (χ1) is 8.49. The maximum absolute atomic E-state index is 13.0. The van der Waals surface area contributed by atoms with Crippen LogP contribution in [0.2, 0.25) is 0 Å². The van der Waals surface area contributed by atoms with Crippen LogP contribution in [-0.4, -0.2) is 11.9 Å². The van der Waals surface area contributed by atoms with Gasteiger partial charge in [-0.1, -0.05) is 26.7 Å². The van der Waals surface area contributed by atoms with Gasteiger partial charge < -0.3 is 5.32 Å². The molecule has 1 N–H and O–H groups in total. The summed E-state index contributed by atoms with van der Waals surface area (Å²) in [6.45, 7) is 8.02. The zero-order valence-electron chi connectivity index (χ0n) is 11.6. The normalized spacial score (nSPS) is 12.6. The molecular formula is C15H22FNO. The second-order valence-electron chi connectivity index (χ2n) is 4.80. The summed E-state index contributed by atoms with van der Waals surface area (Å²) in [5, 5.41) is 3.00. The molecule has 1 aromatic carbocycles. The number of nitrogens with one attached hydrogen (secondary N) is 1. The van der Waals surface area contributed by atoms with Gasteiger partial charge in [0, 0.05) is 11.6 Å². The molecule has 100 valence electrons. The van der Waals surface area contributed by atoms with E-state index >= 15 is 0 Å². The van der Waals surface area contributed by atoms with Crippen molar-refractivity contribution in [3.05, 3.63) is 35.1 Å². The Balaban J connectivity index is 2.76. The lowest BCUT2D eigenvalue weighted by Crippen LogP contribution is -2.38. The highest BCUT2D eigenvalue weighted by molar-refractivity contribution is 5.95. The maximum Gasteiger partial charge on any atom is 0.251 e. The van der Waals surface area contributed by atoms with Crippen LogP contribution in [0.3, 0.4) is 0 Å². The number of hydrogen-bond acceptors (Lipinski definition) is 1. The molecule has 1 rings (SSSR count). The summed E-state index contributed by atoms with van der Waals surface area (Å²) in [7, 11) is 0. The fourth-order valence-electron chi connectivity index (χ4n) is 2.28. The molecule has 1 aromatic rings. The van der Waals surface area contributed by atoms with Crippen molar-refractivity contribution in [1.29, 1.82) is 0 Å². The average molecular weight is 251 g/mol. The third kappa shape index (κ3) is 3.56. The number of carbonyl (C=O) groups excluding carboxylic acids is 1. The molecule has 0 spiro atoms. The number of carbonyl (C=O) groups is 1. The highest BCUT2D eigenvalue weighted by Gasteiger charge is 2.17. The van der Waals surface area contributed by atoms with E-state index in [1.165, 1.54) is 12.1 Å². The van der Waals surface area contributed by atoms with Crippen LogP contribution in [0, 0.1) is 18.7 Å². The Hall–Kier alpha value is -1.38. The molecule has 0 heterocycles. The molecule has 0 saturated carbocycles. The molecule has 0 fully saturated rings. The van der Waals surface area contributed by atoms with Crippen LogP contribution in [0.5, 0.6) is 0 Å². The van der Waals surface area contributed by atoms with Crippen LogP contribution in [-0.2, 0) is 0 Å². The van der Waals surface area contributed by atoms with Gasteiger partial charge >= 0.3 is 0 Å². The van der Waals surface area contributed by atoms with Crippen molar-refractivity contribution in [3.63, 3.8) is 0 Å². The van der Waals surface area contributed by atoms with Gasteiger partial charge in [-0.05, 0) is 43.5 Å². The summed E-state index contributed by atoms with van der Waals surface area (Å²) in [4.78, 5) is 12.1. The molecule has 0 bridgehead atoms. The maximum atomic E-state index is 13.0. The molecular weight excluding hydrogens is 229 g/mol. The van der Waals surface area contributed by atoms with Gasteiger partial charge in [0.2, 0.25) is 0 Å². The molecule has 0 aliphatic rings. The molecule has 3 heteroatoms. The topological polar surface area (TPSA) is 29.1 Å². The van der Waals surface area contributed by atoms with Crippen molar-refractivity contribution in [2.75, 3.05) is 0 Å². The quantitative estimate of drug-likeness (QED) is 0.849. The first-order valence-corrected chi connectivity index (χ1v) is 6.56. The number of amides is 1. The SMILES string of the molecule is CCC(CC)C(C)NC(=O)c1ccc(F)cc1C. The first kappa shape index (κ1) is 14.7. The van der Waals surface area contributed by atoms with Gasteiger partial charge in [-0.3, -0.25) is 4.79 Å². The molecule has 1 amide bonds. The van der Waals surface area contributed by atoms with Crippen LogP contribution in [0.25, 0.3) is 0 Å². The summed E-state index contributed by atoms with van der Waals surface area (Å²) in [6.07, 6.45) is 2.08. The van der Waals surface area contributed by atoms with E-state index in [0.29, 0.717) is 17.0 Å². The van der Waals surface area contributed by atoms with E-state index in [1.807, 2.05) is 6.92 Å². The lowest BCUT2D eigenvalue weighted by atomic mass is 9.95. The summed E-state index contributed by atoms with van der Waals surface area (Å²) < 4.78 is 13.0. The van der Waals surface area contributed by atoms with Crippen LogP contribution >= 0.6 is 0 Å². The minimum Gasteiger partial charge on any atom is -0.349 e. The van der Waals surface area contributed by atoms with E-state index in [2.05, 4.69) is 19.2 Å².